The largest absolute Gasteiger partial charge is 0.457 e. The lowest BCUT2D eigenvalue weighted by atomic mass is 10.1. The molecule has 0 aromatic carbocycles. The third kappa shape index (κ3) is 2.39. The molecule has 0 aliphatic carbocycles. The monoisotopic (exact) mass is 289 g/mol. The van der Waals surface area contributed by atoms with Crippen LogP contribution in [0.5, 0.6) is 0 Å². The lowest BCUT2D eigenvalue weighted by Crippen LogP contribution is -2.38. The number of thioether (sulfide) groups is 1. The van der Waals surface area contributed by atoms with E-state index in [0.717, 1.165) is 12.2 Å². The molecule has 2 heterocycles. The van der Waals surface area contributed by atoms with Crippen LogP contribution in [0.3, 0.4) is 0 Å². The van der Waals surface area contributed by atoms with E-state index in [1.54, 1.807) is 6.07 Å². The van der Waals surface area contributed by atoms with Gasteiger partial charge in [0.2, 0.25) is 0 Å². The van der Waals surface area contributed by atoms with Crippen molar-refractivity contribution in [3.8, 4) is 0 Å². The smallest absolute Gasteiger partial charge is 0.256 e. The van der Waals surface area contributed by atoms with Crippen LogP contribution in [0.25, 0.3) is 0 Å². The molecule has 1 N–H and O–H groups in total. The Labute approximate surface area is 101 Å². The highest BCUT2D eigenvalue weighted by Crippen LogP contribution is 2.27. The molecule has 0 spiro atoms. The summed E-state index contributed by atoms with van der Waals surface area (Å²) in [5, 5.41) is 3.52. The lowest BCUT2D eigenvalue weighted by Gasteiger charge is -2.15. The Bertz CT molecular complexity index is 366. The predicted molar refractivity (Wildman–Crippen MR) is 64.2 cm³/mol. The summed E-state index contributed by atoms with van der Waals surface area (Å²) in [6.07, 6.45) is 2.55. The van der Waals surface area contributed by atoms with Crippen LogP contribution in [0.2, 0.25) is 0 Å². The molecule has 0 radical (unpaired) electrons. The number of amides is 1. The van der Waals surface area contributed by atoms with Crippen LogP contribution in [0.4, 0.5) is 0 Å². The molecular weight excluding hydrogens is 278 g/mol. The van der Waals surface area contributed by atoms with E-state index in [4.69, 9.17) is 4.42 Å². The van der Waals surface area contributed by atoms with Gasteiger partial charge in [-0.1, -0.05) is 6.92 Å². The summed E-state index contributed by atoms with van der Waals surface area (Å²) < 4.78 is 5.53. The second-order valence-electron chi connectivity index (χ2n) is 3.55. The summed E-state index contributed by atoms with van der Waals surface area (Å²) in [6.45, 7) is 2.15. The fourth-order valence-corrected chi connectivity index (χ4v) is 3.24. The molecule has 2 rings (SSSR count). The summed E-state index contributed by atoms with van der Waals surface area (Å²) in [5.41, 5.74) is 0.569. The molecule has 5 heteroatoms. The molecule has 1 saturated heterocycles. The topological polar surface area (TPSA) is 42.2 Å². The van der Waals surface area contributed by atoms with E-state index >= 15 is 0 Å². The number of hydrogen-bond donors (Lipinski definition) is 1. The van der Waals surface area contributed by atoms with Crippen LogP contribution in [-0.2, 0) is 0 Å². The van der Waals surface area contributed by atoms with E-state index < -0.39 is 0 Å². The van der Waals surface area contributed by atoms with Crippen LogP contribution in [0.1, 0.15) is 23.7 Å². The van der Waals surface area contributed by atoms with Gasteiger partial charge >= 0.3 is 0 Å². The maximum atomic E-state index is 11.8. The van der Waals surface area contributed by atoms with Gasteiger partial charge in [0.1, 0.15) is 0 Å². The van der Waals surface area contributed by atoms with Gasteiger partial charge in [0, 0.05) is 11.3 Å². The summed E-state index contributed by atoms with van der Waals surface area (Å²) >= 11 is 5.10. The summed E-state index contributed by atoms with van der Waals surface area (Å²) in [5.74, 6) is 1.06. The molecule has 0 saturated carbocycles. The van der Waals surface area contributed by atoms with Crippen molar-refractivity contribution >= 4 is 33.6 Å². The average Bonchev–Trinajstić information content (AvgIpc) is 2.76. The van der Waals surface area contributed by atoms with Gasteiger partial charge in [-0.2, -0.15) is 11.8 Å². The maximum Gasteiger partial charge on any atom is 0.256 e. The van der Waals surface area contributed by atoms with Gasteiger partial charge in [-0.3, -0.25) is 4.79 Å². The highest BCUT2D eigenvalue weighted by atomic mass is 79.9. The Morgan fingerprint density at radius 3 is 3.07 bits per heavy atom. The number of furan rings is 1. The number of carbonyl (C=O) groups excluding carboxylic acids is 1. The zero-order chi connectivity index (χ0) is 10.8. The number of hydrogen-bond acceptors (Lipinski definition) is 3. The van der Waals surface area contributed by atoms with Crippen molar-refractivity contribution < 1.29 is 9.21 Å². The van der Waals surface area contributed by atoms with Crippen molar-refractivity contribution in [1.29, 1.82) is 0 Å². The van der Waals surface area contributed by atoms with E-state index in [0.29, 0.717) is 15.5 Å². The Kier molecular flexibility index (Phi) is 3.41. The van der Waals surface area contributed by atoms with E-state index in [2.05, 4.69) is 28.2 Å². The van der Waals surface area contributed by atoms with Crippen molar-refractivity contribution in [3.05, 3.63) is 22.6 Å². The summed E-state index contributed by atoms with van der Waals surface area (Å²) in [6, 6.07) is 1.95. The second kappa shape index (κ2) is 4.61. The van der Waals surface area contributed by atoms with Crippen molar-refractivity contribution in [3.63, 3.8) is 0 Å². The van der Waals surface area contributed by atoms with E-state index in [9.17, 15) is 4.79 Å². The lowest BCUT2D eigenvalue weighted by molar-refractivity contribution is 0.0935. The number of halogens is 1. The molecule has 1 amide bonds. The molecule has 0 bridgehead atoms. The van der Waals surface area contributed by atoms with Crippen LogP contribution < -0.4 is 5.32 Å². The molecule has 82 valence electrons. The Morgan fingerprint density at radius 1 is 1.73 bits per heavy atom. The first-order valence-corrected chi connectivity index (χ1v) is 6.68. The van der Waals surface area contributed by atoms with Crippen molar-refractivity contribution in [2.75, 3.05) is 5.75 Å². The predicted octanol–water partition coefficient (Wildman–Crippen LogP) is 2.67. The van der Waals surface area contributed by atoms with Crippen LogP contribution in [0.15, 0.2) is 21.4 Å². The second-order valence-corrected chi connectivity index (χ2v) is 5.76. The third-order valence-electron chi connectivity index (χ3n) is 2.56. The molecule has 2 unspecified atom stereocenters. The minimum absolute atomic E-state index is 0.0602. The zero-order valence-corrected chi connectivity index (χ0v) is 10.7. The van der Waals surface area contributed by atoms with Gasteiger partial charge in [0.05, 0.1) is 11.8 Å². The van der Waals surface area contributed by atoms with Gasteiger partial charge in [0.25, 0.3) is 5.91 Å². The van der Waals surface area contributed by atoms with E-state index in [1.165, 1.54) is 6.26 Å². The van der Waals surface area contributed by atoms with Crippen molar-refractivity contribution in [2.45, 2.75) is 24.6 Å². The highest BCUT2D eigenvalue weighted by Gasteiger charge is 2.26. The van der Waals surface area contributed by atoms with Crippen LogP contribution in [0, 0.1) is 0 Å². The molecule has 1 aliphatic rings. The molecule has 1 fully saturated rings. The normalized spacial score (nSPS) is 25.5. The fourth-order valence-electron chi connectivity index (χ4n) is 1.62. The Hall–Kier alpha value is -0.420. The molecule has 1 aromatic rings. The average molecular weight is 290 g/mol. The summed E-state index contributed by atoms with van der Waals surface area (Å²) in [4.78, 5) is 11.8. The summed E-state index contributed by atoms with van der Waals surface area (Å²) in [7, 11) is 0. The van der Waals surface area contributed by atoms with E-state index in [-0.39, 0.29) is 11.9 Å². The first-order valence-electron chi connectivity index (χ1n) is 4.84. The quantitative estimate of drug-likeness (QED) is 0.910. The number of nitrogens with one attached hydrogen (secondary N) is 1. The van der Waals surface area contributed by atoms with Crippen LogP contribution >= 0.6 is 27.7 Å². The van der Waals surface area contributed by atoms with Gasteiger partial charge in [0.15, 0.2) is 4.67 Å². The van der Waals surface area contributed by atoms with Crippen molar-refractivity contribution in [2.24, 2.45) is 0 Å². The zero-order valence-electron chi connectivity index (χ0n) is 8.33. The Morgan fingerprint density at radius 2 is 2.53 bits per heavy atom. The van der Waals surface area contributed by atoms with Gasteiger partial charge in [-0.25, -0.2) is 0 Å². The molecule has 3 nitrogen and oxygen atoms in total. The molecule has 2 atom stereocenters. The fraction of sp³-hybridized carbons (Fsp3) is 0.500. The maximum absolute atomic E-state index is 11.8. The van der Waals surface area contributed by atoms with Gasteiger partial charge in [-0.15, -0.1) is 0 Å². The van der Waals surface area contributed by atoms with Crippen molar-refractivity contribution in [1.82, 2.24) is 5.32 Å². The van der Waals surface area contributed by atoms with Gasteiger partial charge < -0.3 is 9.73 Å². The SMILES string of the molecule is CC1SCCC1NC(=O)c1ccoc1Br. The van der Waals surface area contributed by atoms with E-state index in [1.807, 2.05) is 11.8 Å². The first-order chi connectivity index (χ1) is 7.18. The first kappa shape index (κ1) is 11.1. The molecule has 1 aliphatic heterocycles. The Balaban J connectivity index is 2.01. The molecule has 15 heavy (non-hydrogen) atoms. The third-order valence-corrected chi connectivity index (χ3v) is 4.50. The minimum Gasteiger partial charge on any atom is -0.457 e. The number of rotatable bonds is 2. The highest BCUT2D eigenvalue weighted by molar-refractivity contribution is 9.10. The minimum atomic E-state index is -0.0602. The van der Waals surface area contributed by atoms with Crippen LogP contribution in [-0.4, -0.2) is 23.0 Å². The standard InChI is InChI=1S/C10H12BrNO2S/c1-6-8(3-5-15-6)12-10(13)7-2-4-14-9(7)11/h2,4,6,8H,3,5H2,1H3,(H,12,13). The molecule has 1 aromatic heterocycles. The molecular formula is C10H12BrNO2S. The van der Waals surface area contributed by atoms with Gasteiger partial charge in [-0.05, 0) is 34.2 Å². The number of carbonyl (C=O) groups is 1.